The Morgan fingerprint density at radius 3 is 2.60 bits per heavy atom. The molecular weight excluding hydrogens is 295 g/mol. The van der Waals surface area contributed by atoms with Crippen molar-refractivity contribution in [2.45, 2.75) is 6.92 Å². The summed E-state index contributed by atoms with van der Waals surface area (Å²) in [5.74, 6) is 0. The van der Waals surface area contributed by atoms with Crippen molar-refractivity contribution in [2.75, 3.05) is 0 Å². The van der Waals surface area contributed by atoms with Gasteiger partial charge in [-0.25, -0.2) is 9.55 Å². The second kappa shape index (κ2) is 4.93. The van der Waals surface area contributed by atoms with Crippen LogP contribution in [0.1, 0.15) is 5.56 Å². The molecule has 0 N–H and O–H groups in total. The summed E-state index contributed by atoms with van der Waals surface area (Å²) < 4.78 is 1.33. The number of aryl methyl sites for hydroxylation is 1. The summed E-state index contributed by atoms with van der Waals surface area (Å²) in [6, 6.07) is 12.5. The molecule has 0 spiro atoms. The first kappa shape index (κ1) is 13.2. The molecule has 1 aromatic heterocycles. The average molecular weight is 305 g/mol. The molecule has 0 amide bonds. The number of hydrogen-bond donors (Lipinski definition) is 0. The van der Waals surface area contributed by atoms with Gasteiger partial charge in [-0.05, 0) is 42.8 Å². The van der Waals surface area contributed by atoms with Gasteiger partial charge in [-0.1, -0.05) is 35.4 Å². The van der Waals surface area contributed by atoms with E-state index in [-0.39, 0.29) is 10.8 Å². The Kier molecular flexibility index (Phi) is 3.24. The van der Waals surface area contributed by atoms with E-state index in [0.717, 1.165) is 5.56 Å². The molecule has 0 aliphatic heterocycles. The predicted octanol–water partition coefficient (Wildman–Crippen LogP) is 4.00. The number of aromatic nitrogens is 2. The molecule has 0 fully saturated rings. The van der Waals surface area contributed by atoms with E-state index < -0.39 is 0 Å². The van der Waals surface area contributed by atoms with E-state index >= 15 is 0 Å². The van der Waals surface area contributed by atoms with E-state index in [1.807, 2.05) is 13.0 Å². The highest BCUT2D eigenvalue weighted by Crippen LogP contribution is 2.22. The van der Waals surface area contributed by atoms with E-state index in [2.05, 4.69) is 4.98 Å². The number of rotatable bonds is 1. The summed E-state index contributed by atoms with van der Waals surface area (Å²) in [6.07, 6.45) is 0. The van der Waals surface area contributed by atoms with Gasteiger partial charge in [0, 0.05) is 0 Å². The fraction of sp³-hybridized carbons (Fsp3) is 0.0667. The van der Waals surface area contributed by atoms with E-state index in [0.29, 0.717) is 21.6 Å². The van der Waals surface area contributed by atoms with Gasteiger partial charge in [0.25, 0.3) is 5.56 Å². The normalized spacial score (nSPS) is 10.9. The lowest BCUT2D eigenvalue weighted by atomic mass is 10.1. The zero-order chi connectivity index (χ0) is 14.3. The Labute approximate surface area is 125 Å². The van der Waals surface area contributed by atoms with Gasteiger partial charge in [0.2, 0.25) is 5.28 Å². The molecule has 3 nitrogen and oxygen atoms in total. The van der Waals surface area contributed by atoms with E-state index in [4.69, 9.17) is 23.2 Å². The molecule has 0 aliphatic rings. The monoisotopic (exact) mass is 304 g/mol. The summed E-state index contributed by atoms with van der Waals surface area (Å²) >= 11 is 12.3. The van der Waals surface area contributed by atoms with Crippen molar-refractivity contribution < 1.29 is 0 Å². The second-order valence-electron chi connectivity index (χ2n) is 4.49. The minimum absolute atomic E-state index is 0.0967. The lowest BCUT2D eigenvalue weighted by Gasteiger charge is -2.11. The third-order valence-corrected chi connectivity index (χ3v) is 3.65. The fourth-order valence-corrected chi connectivity index (χ4v) is 2.59. The quantitative estimate of drug-likeness (QED) is 0.637. The molecule has 1 heterocycles. The first-order valence-electron chi connectivity index (χ1n) is 6.02. The minimum atomic E-state index is -0.225. The topological polar surface area (TPSA) is 34.9 Å². The summed E-state index contributed by atoms with van der Waals surface area (Å²) in [5, 5.41) is 1.07. The van der Waals surface area contributed by atoms with Crippen LogP contribution >= 0.6 is 23.2 Å². The minimum Gasteiger partial charge on any atom is -0.268 e. The number of hydrogen-bond acceptors (Lipinski definition) is 2. The van der Waals surface area contributed by atoms with Crippen LogP contribution in [0.15, 0.2) is 47.3 Å². The van der Waals surface area contributed by atoms with Crippen molar-refractivity contribution >= 4 is 34.1 Å². The highest BCUT2D eigenvalue weighted by atomic mass is 35.5. The second-order valence-corrected chi connectivity index (χ2v) is 5.24. The SMILES string of the molecule is Cc1ccc2nc(Cl)n(-c3ccccc3Cl)c(=O)c2c1. The molecule has 0 saturated carbocycles. The van der Waals surface area contributed by atoms with E-state index in [1.165, 1.54) is 4.57 Å². The molecule has 5 heteroatoms. The molecular formula is C15H10Cl2N2O. The molecule has 2 aromatic carbocycles. The van der Waals surface area contributed by atoms with Crippen LogP contribution in [0.3, 0.4) is 0 Å². The smallest absolute Gasteiger partial charge is 0.266 e. The first-order valence-corrected chi connectivity index (χ1v) is 6.77. The molecule has 100 valence electrons. The van der Waals surface area contributed by atoms with Crippen LogP contribution in [0.4, 0.5) is 0 Å². The van der Waals surface area contributed by atoms with Gasteiger partial charge in [0.1, 0.15) is 0 Å². The maximum Gasteiger partial charge on any atom is 0.266 e. The summed E-state index contributed by atoms with van der Waals surface area (Å²) in [4.78, 5) is 16.9. The van der Waals surface area contributed by atoms with Crippen molar-refractivity contribution in [2.24, 2.45) is 0 Å². The molecule has 20 heavy (non-hydrogen) atoms. The number of benzene rings is 2. The Morgan fingerprint density at radius 1 is 1.10 bits per heavy atom. The zero-order valence-corrected chi connectivity index (χ0v) is 12.1. The Hall–Kier alpha value is -1.84. The lowest BCUT2D eigenvalue weighted by Crippen LogP contribution is -2.20. The Bertz CT molecular complexity index is 871. The van der Waals surface area contributed by atoms with Crippen molar-refractivity contribution in [1.82, 2.24) is 9.55 Å². The third kappa shape index (κ3) is 2.09. The molecule has 3 rings (SSSR count). The average Bonchev–Trinajstić information content (AvgIpc) is 2.42. The number of nitrogens with zero attached hydrogens (tertiary/aromatic N) is 2. The largest absolute Gasteiger partial charge is 0.268 e. The van der Waals surface area contributed by atoms with E-state index in [9.17, 15) is 4.79 Å². The van der Waals surface area contributed by atoms with Crippen molar-refractivity contribution in [3.8, 4) is 5.69 Å². The van der Waals surface area contributed by atoms with Crippen LogP contribution in [-0.2, 0) is 0 Å². The maximum absolute atomic E-state index is 12.6. The lowest BCUT2D eigenvalue weighted by molar-refractivity contribution is 0.964. The number of halogens is 2. The molecule has 0 unspecified atom stereocenters. The van der Waals surface area contributed by atoms with Gasteiger partial charge in [-0.15, -0.1) is 0 Å². The van der Waals surface area contributed by atoms with E-state index in [1.54, 1.807) is 36.4 Å². The predicted molar refractivity (Wildman–Crippen MR) is 82.1 cm³/mol. The zero-order valence-electron chi connectivity index (χ0n) is 10.6. The van der Waals surface area contributed by atoms with Crippen LogP contribution in [0.5, 0.6) is 0 Å². The third-order valence-electron chi connectivity index (χ3n) is 3.08. The molecule has 0 saturated heterocycles. The van der Waals surface area contributed by atoms with Gasteiger partial charge < -0.3 is 0 Å². The molecule has 0 aliphatic carbocycles. The van der Waals surface area contributed by atoms with Crippen LogP contribution in [0.25, 0.3) is 16.6 Å². The van der Waals surface area contributed by atoms with Gasteiger partial charge >= 0.3 is 0 Å². The summed E-state index contributed by atoms with van der Waals surface area (Å²) in [6.45, 7) is 1.92. The Morgan fingerprint density at radius 2 is 1.85 bits per heavy atom. The highest BCUT2D eigenvalue weighted by molar-refractivity contribution is 6.33. The number of para-hydroxylation sites is 1. The van der Waals surface area contributed by atoms with Crippen molar-refractivity contribution in [3.05, 3.63) is 68.7 Å². The van der Waals surface area contributed by atoms with Crippen molar-refractivity contribution in [3.63, 3.8) is 0 Å². The Balaban J connectivity index is 2.43. The highest BCUT2D eigenvalue weighted by Gasteiger charge is 2.13. The summed E-state index contributed by atoms with van der Waals surface area (Å²) in [5.41, 5.74) is 1.87. The molecule has 0 atom stereocenters. The van der Waals surface area contributed by atoms with Gasteiger partial charge in [-0.2, -0.15) is 0 Å². The molecule has 0 radical (unpaired) electrons. The van der Waals surface area contributed by atoms with Gasteiger partial charge in [0.15, 0.2) is 0 Å². The van der Waals surface area contributed by atoms with Crippen LogP contribution in [0, 0.1) is 6.92 Å². The van der Waals surface area contributed by atoms with Crippen molar-refractivity contribution in [1.29, 1.82) is 0 Å². The van der Waals surface area contributed by atoms with Gasteiger partial charge in [0.05, 0.1) is 21.6 Å². The van der Waals surface area contributed by atoms with Gasteiger partial charge in [-0.3, -0.25) is 4.79 Å². The molecule has 0 bridgehead atoms. The standard InChI is InChI=1S/C15H10Cl2N2O/c1-9-6-7-12-10(8-9)14(20)19(15(17)18-12)13-5-3-2-4-11(13)16/h2-8H,1H3. The first-order chi connectivity index (χ1) is 9.58. The maximum atomic E-state index is 12.6. The fourth-order valence-electron chi connectivity index (χ4n) is 2.11. The number of fused-ring (bicyclic) bond motifs is 1. The molecule has 3 aromatic rings. The van der Waals surface area contributed by atoms with Crippen LogP contribution < -0.4 is 5.56 Å². The van der Waals surface area contributed by atoms with Crippen LogP contribution in [0.2, 0.25) is 10.3 Å². The van der Waals surface area contributed by atoms with Crippen LogP contribution in [-0.4, -0.2) is 9.55 Å². The summed E-state index contributed by atoms with van der Waals surface area (Å²) in [7, 11) is 0.